The van der Waals surface area contributed by atoms with Crippen LogP contribution in [-0.2, 0) is 9.47 Å². The summed E-state index contributed by atoms with van der Waals surface area (Å²) in [6.45, 7) is 15.6. The molecule has 0 bridgehead atoms. The SMILES string of the molecule is COCC1=CCCCC1OCCN[C@@H](CN1CCC(C2CC=C(Cl)CC2)C(C)(C)C1)C(C)C. The van der Waals surface area contributed by atoms with Crippen molar-refractivity contribution in [2.75, 3.05) is 46.5 Å². The molecule has 5 heteroatoms. The van der Waals surface area contributed by atoms with E-state index in [1.165, 1.54) is 44.3 Å². The Kier molecular flexibility index (Phi) is 10.8. The monoisotopic (exact) mass is 480 g/mol. The maximum Gasteiger partial charge on any atom is 0.0807 e. The Balaban J connectivity index is 1.44. The Morgan fingerprint density at radius 3 is 2.70 bits per heavy atom. The minimum absolute atomic E-state index is 0.238. The summed E-state index contributed by atoms with van der Waals surface area (Å²) in [5, 5.41) is 4.89. The Hall–Kier alpha value is -0.390. The second-order valence-corrected chi connectivity index (χ2v) is 12.1. The zero-order valence-electron chi connectivity index (χ0n) is 21.9. The molecule has 1 heterocycles. The van der Waals surface area contributed by atoms with Gasteiger partial charge in [0.1, 0.15) is 0 Å². The highest BCUT2D eigenvalue weighted by Crippen LogP contribution is 2.45. The number of halogens is 1. The van der Waals surface area contributed by atoms with Gasteiger partial charge in [0, 0.05) is 37.8 Å². The number of likely N-dealkylation sites (tertiary alicyclic amines) is 1. The third-order valence-electron chi connectivity index (χ3n) is 8.25. The van der Waals surface area contributed by atoms with E-state index < -0.39 is 0 Å². The molecule has 33 heavy (non-hydrogen) atoms. The molecule has 3 aliphatic rings. The summed E-state index contributed by atoms with van der Waals surface area (Å²) in [6.07, 6.45) is 13.2. The highest BCUT2D eigenvalue weighted by Gasteiger charge is 2.40. The predicted molar refractivity (Wildman–Crippen MR) is 140 cm³/mol. The number of methoxy groups -OCH3 is 1. The molecule has 0 saturated carbocycles. The van der Waals surface area contributed by atoms with Crippen molar-refractivity contribution in [2.24, 2.45) is 23.2 Å². The van der Waals surface area contributed by atoms with Crippen molar-refractivity contribution >= 4 is 11.6 Å². The van der Waals surface area contributed by atoms with Gasteiger partial charge < -0.3 is 19.7 Å². The number of allylic oxidation sites excluding steroid dienone is 3. The molecular formula is C28H49ClN2O2. The number of hydrogen-bond donors (Lipinski definition) is 1. The Labute approximate surface area is 208 Å². The first-order chi connectivity index (χ1) is 15.8. The topological polar surface area (TPSA) is 33.7 Å². The first-order valence-electron chi connectivity index (χ1n) is 13.4. The van der Waals surface area contributed by atoms with Crippen LogP contribution in [0, 0.1) is 23.2 Å². The summed E-state index contributed by atoms with van der Waals surface area (Å²) in [7, 11) is 1.77. The minimum atomic E-state index is 0.238. The van der Waals surface area contributed by atoms with E-state index in [-0.39, 0.29) is 6.10 Å². The molecule has 4 atom stereocenters. The van der Waals surface area contributed by atoms with E-state index in [9.17, 15) is 0 Å². The molecule has 0 amide bonds. The van der Waals surface area contributed by atoms with Crippen LogP contribution in [-0.4, -0.2) is 63.5 Å². The molecule has 2 aliphatic carbocycles. The summed E-state index contributed by atoms with van der Waals surface area (Å²) in [5.41, 5.74) is 1.68. The lowest BCUT2D eigenvalue weighted by molar-refractivity contribution is 0.0104. The van der Waals surface area contributed by atoms with Crippen LogP contribution in [0.2, 0.25) is 0 Å². The lowest BCUT2D eigenvalue weighted by Crippen LogP contribution is -2.53. The van der Waals surface area contributed by atoms with E-state index in [4.69, 9.17) is 21.1 Å². The van der Waals surface area contributed by atoms with E-state index in [1.807, 2.05) is 0 Å². The molecule has 0 spiro atoms. The van der Waals surface area contributed by atoms with Crippen molar-refractivity contribution in [1.82, 2.24) is 10.2 Å². The number of ether oxygens (including phenoxy) is 2. The fraction of sp³-hybridized carbons (Fsp3) is 0.857. The summed E-state index contributed by atoms with van der Waals surface area (Å²) in [6, 6.07) is 0.498. The minimum Gasteiger partial charge on any atom is -0.380 e. The van der Waals surface area contributed by atoms with Crippen LogP contribution in [0.5, 0.6) is 0 Å². The molecule has 0 aromatic carbocycles. The maximum atomic E-state index is 6.25. The molecule has 1 fully saturated rings. The van der Waals surface area contributed by atoms with E-state index in [1.54, 1.807) is 7.11 Å². The first kappa shape index (κ1) is 27.2. The zero-order chi connectivity index (χ0) is 23.8. The standard InChI is InChI=1S/C28H49ClN2O2/c1-21(2)26(30-15-17-33-27-9-7-6-8-23(27)19-32-5)18-31-16-14-25(28(3,4)20-31)22-10-12-24(29)13-11-22/h8,12,21-22,25-27,30H,6-7,9-11,13-20H2,1-5H3/t22?,25?,26-,27?/m0/s1. The lowest BCUT2D eigenvalue weighted by Gasteiger charge is -2.49. The number of piperidine rings is 1. The van der Waals surface area contributed by atoms with Gasteiger partial charge in [0.25, 0.3) is 0 Å². The lowest BCUT2D eigenvalue weighted by atomic mass is 9.65. The zero-order valence-corrected chi connectivity index (χ0v) is 22.6. The van der Waals surface area contributed by atoms with Crippen LogP contribution in [0.25, 0.3) is 0 Å². The number of rotatable bonds is 11. The highest BCUT2D eigenvalue weighted by atomic mass is 35.5. The van der Waals surface area contributed by atoms with Crippen LogP contribution in [0.15, 0.2) is 22.8 Å². The number of hydrogen-bond acceptors (Lipinski definition) is 4. The van der Waals surface area contributed by atoms with Gasteiger partial charge in [-0.25, -0.2) is 0 Å². The Bertz CT molecular complexity index is 660. The molecule has 4 nitrogen and oxygen atoms in total. The van der Waals surface area contributed by atoms with Gasteiger partial charge >= 0.3 is 0 Å². The van der Waals surface area contributed by atoms with Crippen molar-refractivity contribution in [2.45, 2.75) is 84.8 Å². The van der Waals surface area contributed by atoms with Gasteiger partial charge in [-0.2, -0.15) is 0 Å². The smallest absolute Gasteiger partial charge is 0.0807 e. The number of nitrogens with one attached hydrogen (secondary N) is 1. The van der Waals surface area contributed by atoms with Crippen LogP contribution in [0.4, 0.5) is 0 Å². The van der Waals surface area contributed by atoms with Crippen LogP contribution >= 0.6 is 11.6 Å². The second-order valence-electron chi connectivity index (χ2n) is 11.6. The average molecular weight is 481 g/mol. The molecular weight excluding hydrogens is 432 g/mol. The fourth-order valence-electron chi connectivity index (χ4n) is 6.35. The molecule has 1 N–H and O–H groups in total. The molecule has 0 aromatic rings. The third-order valence-corrected chi connectivity index (χ3v) is 8.59. The third kappa shape index (κ3) is 8.07. The normalized spacial score (nSPS) is 29.6. The van der Waals surface area contributed by atoms with Crippen LogP contribution in [0.1, 0.15) is 72.6 Å². The molecule has 0 aromatic heterocycles. The largest absolute Gasteiger partial charge is 0.380 e. The maximum absolute atomic E-state index is 6.25. The fourth-order valence-corrected chi connectivity index (χ4v) is 6.55. The first-order valence-corrected chi connectivity index (χ1v) is 13.8. The Morgan fingerprint density at radius 2 is 2.03 bits per heavy atom. The van der Waals surface area contributed by atoms with Gasteiger partial charge in [0.15, 0.2) is 0 Å². The predicted octanol–water partition coefficient (Wildman–Crippen LogP) is 6.01. The molecule has 1 saturated heterocycles. The van der Waals surface area contributed by atoms with Gasteiger partial charge in [-0.1, -0.05) is 51.4 Å². The molecule has 1 aliphatic heterocycles. The van der Waals surface area contributed by atoms with Gasteiger partial charge in [0.2, 0.25) is 0 Å². The van der Waals surface area contributed by atoms with Crippen molar-refractivity contribution in [3.05, 3.63) is 22.8 Å². The van der Waals surface area contributed by atoms with E-state index in [2.05, 4.69) is 50.1 Å². The van der Waals surface area contributed by atoms with Crippen molar-refractivity contribution in [3.63, 3.8) is 0 Å². The summed E-state index contributed by atoms with van der Waals surface area (Å²) in [4.78, 5) is 2.71. The van der Waals surface area contributed by atoms with Gasteiger partial charge in [-0.3, -0.25) is 0 Å². The van der Waals surface area contributed by atoms with Crippen LogP contribution < -0.4 is 5.32 Å². The van der Waals surface area contributed by atoms with Crippen molar-refractivity contribution in [1.29, 1.82) is 0 Å². The number of nitrogens with zero attached hydrogens (tertiary/aromatic N) is 1. The van der Waals surface area contributed by atoms with Gasteiger partial charge in [-0.05, 0) is 80.2 Å². The Morgan fingerprint density at radius 1 is 1.21 bits per heavy atom. The van der Waals surface area contributed by atoms with Gasteiger partial charge in [-0.15, -0.1) is 0 Å². The molecule has 3 unspecified atom stereocenters. The summed E-state index contributed by atoms with van der Waals surface area (Å²) < 4.78 is 11.6. The van der Waals surface area contributed by atoms with E-state index >= 15 is 0 Å². The summed E-state index contributed by atoms with van der Waals surface area (Å²) >= 11 is 6.25. The van der Waals surface area contributed by atoms with Crippen molar-refractivity contribution < 1.29 is 9.47 Å². The highest BCUT2D eigenvalue weighted by molar-refractivity contribution is 6.29. The molecule has 190 valence electrons. The average Bonchev–Trinajstić information content (AvgIpc) is 2.77. The summed E-state index contributed by atoms with van der Waals surface area (Å²) in [5.74, 6) is 2.21. The van der Waals surface area contributed by atoms with Crippen LogP contribution in [0.3, 0.4) is 0 Å². The molecule has 3 rings (SSSR count). The van der Waals surface area contributed by atoms with E-state index in [0.717, 1.165) is 55.8 Å². The van der Waals surface area contributed by atoms with E-state index in [0.29, 0.717) is 24.0 Å². The quantitative estimate of drug-likeness (QED) is 0.290. The molecule has 0 radical (unpaired) electrons. The second kappa shape index (κ2) is 13.1. The van der Waals surface area contributed by atoms with Gasteiger partial charge in [0.05, 0.1) is 19.3 Å². The van der Waals surface area contributed by atoms with Crippen molar-refractivity contribution in [3.8, 4) is 0 Å².